The van der Waals surface area contributed by atoms with Crippen molar-refractivity contribution in [2.75, 3.05) is 77.6 Å². The number of hydrogen-bond donors (Lipinski definition) is 1. The zero-order valence-corrected chi connectivity index (χ0v) is 31.7. The highest BCUT2D eigenvalue weighted by Crippen LogP contribution is 2.50. The van der Waals surface area contributed by atoms with Gasteiger partial charge in [0.2, 0.25) is 5.88 Å². The number of methoxy groups -OCH3 is 2. The maximum absolute atomic E-state index is 15.2. The molecule has 3 aromatic rings. The number of nitriles is 1. The Morgan fingerprint density at radius 1 is 1.02 bits per heavy atom. The molecule has 0 unspecified atom stereocenters. The lowest BCUT2D eigenvalue weighted by atomic mass is 9.83. The van der Waals surface area contributed by atoms with Crippen molar-refractivity contribution in [3.05, 3.63) is 71.4 Å². The highest BCUT2D eigenvalue weighted by Gasteiger charge is 2.59. The molecule has 0 spiro atoms. The number of rotatable bonds is 10. The lowest BCUT2D eigenvalue weighted by Gasteiger charge is -2.51. The van der Waals surface area contributed by atoms with Crippen molar-refractivity contribution < 1.29 is 37.0 Å². The van der Waals surface area contributed by atoms with Crippen LogP contribution >= 0.6 is 0 Å². The Balaban J connectivity index is 1.23. The van der Waals surface area contributed by atoms with Crippen molar-refractivity contribution in [2.45, 2.75) is 48.7 Å². The summed E-state index contributed by atoms with van der Waals surface area (Å²) in [6.07, 6.45) is 3.54. The summed E-state index contributed by atoms with van der Waals surface area (Å²) in [7, 11) is -1.96. The van der Waals surface area contributed by atoms with E-state index in [1.54, 1.807) is 24.0 Å². The number of nitrogens with zero attached hydrogens (tertiary/aromatic N) is 6. The third-order valence-corrected chi connectivity index (χ3v) is 12.8. The molecule has 16 heteroatoms. The van der Waals surface area contributed by atoms with Crippen LogP contribution in [0.15, 0.2) is 59.6 Å². The monoisotopic (exact) mass is 759 g/mol. The molecule has 0 bridgehead atoms. The Hall–Kier alpha value is -4.95. The fourth-order valence-electron chi connectivity index (χ4n) is 8.04. The van der Waals surface area contributed by atoms with Crippen LogP contribution in [-0.4, -0.2) is 125 Å². The molecule has 3 amide bonds. The molecule has 286 valence electrons. The Morgan fingerprint density at radius 3 is 2.39 bits per heavy atom. The topological polar surface area (TPSA) is 167 Å². The van der Waals surface area contributed by atoms with E-state index >= 15 is 4.79 Å². The zero-order chi connectivity index (χ0) is 38.3. The minimum atomic E-state index is -4.71. The van der Waals surface area contributed by atoms with Crippen LogP contribution in [0.5, 0.6) is 17.4 Å². The number of carbonyl (C=O) groups is 2. The number of fused-ring (bicyclic) bond motifs is 1. The van der Waals surface area contributed by atoms with Gasteiger partial charge >= 0.3 is 6.03 Å². The Labute approximate surface area is 315 Å². The van der Waals surface area contributed by atoms with Crippen LogP contribution in [0, 0.1) is 11.3 Å². The van der Waals surface area contributed by atoms with Gasteiger partial charge in [-0.05, 0) is 69.2 Å². The molecule has 15 nitrogen and oxygen atoms in total. The van der Waals surface area contributed by atoms with Gasteiger partial charge in [-0.3, -0.25) is 14.6 Å². The summed E-state index contributed by atoms with van der Waals surface area (Å²) in [5.41, 5.74) is -1.72. The minimum absolute atomic E-state index is 0.0294. The molecule has 5 heterocycles. The number of urea groups is 1. The van der Waals surface area contributed by atoms with E-state index in [-0.39, 0.29) is 51.0 Å². The predicted octanol–water partition coefficient (Wildman–Crippen LogP) is 2.93. The van der Waals surface area contributed by atoms with Crippen molar-refractivity contribution in [3.63, 3.8) is 0 Å². The molecular weight excluding hydrogens is 715 g/mol. The molecule has 54 heavy (non-hydrogen) atoms. The molecule has 3 saturated heterocycles. The van der Waals surface area contributed by atoms with Crippen LogP contribution in [-0.2, 0) is 25.1 Å². The lowest BCUT2D eigenvalue weighted by Crippen LogP contribution is -2.64. The van der Waals surface area contributed by atoms with E-state index in [9.17, 15) is 18.5 Å². The number of piperazine rings is 1. The molecule has 1 aromatic heterocycles. The standard InChI is InChI=1S/C38H45N7O8S/c1-5-53-34-29(7-6-14-40-34)38(41-36(47)43-19-17-42(18-20-43)27-12-15-44(16-13-27)37(2)24-52-25-37)30-21-26(23-39)8-10-31(30)45(35(38)46)54(48,49)33-11-9-28(50-3)22-32(33)51-4/h6-11,14,21-22,27H,5,12-13,15-20,24-25H2,1-4H3,(H,41,47)/t38-/m1/s1. The number of piperidine rings is 1. The predicted molar refractivity (Wildman–Crippen MR) is 197 cm³/mol. The van der Waals surface area contributed by atoms with E-state index in [2.05, 4.69) is 33.1 Å². The van der Waals surface area contributed by atoms with E-state index in [0.717, 1.165) is 39.1 Å². The van der Waals surface area contributed by atoms with Crippen molar-refractivity contribution in [3.8, 4) is 23.4 Å². The summed E-state index contributed by atoms with van der Waals surface area (Å²) in [4.78, 5) is 40.4. The van der Waals surface area contributed by atoms with Crippen LogP contribution in [0.3, 0.4) is 0 Å². The van der Waals surface area contributed by atoms with E-state index in [4.69, 9.17) is 18.9 Å². The summed E-state index contributed by atoms with van der Waals surface area (Å²) in [5.74, 6) is -0.671. The molecule has 2 aromatic carbocycles. The Bertz CT molecular complexity index is 2070. The number of sulfonamides is 1. The average molecular weight is 760 g/mol. The highest BCUT2D eigenvalue weighted by atomic mass is 32.2. The van der Waals surface area contributed by atoms with Crippen molar-refractivity contribution >= 4 is 27.6 Å². The first-order chi connectivity index (χ1) is 26.0. The van der Waals surface area contributed by atoms with E-state index in [1.165, 1.54) is 56.8 Å². The summed E-state index contributed by atoms with van der Waals surface area (Å²) < 4.78 is 52.1. The lowest BCUT2D eigenvalue weighted by molar-refractivity contribution is -0.139. The smallest absolute Gasteiger partial charge is 0.318 e. The van der Waals surface area contributed by atoms with Crippen molar-refractivity contribution in [1.29, 1.82) is 5.26 Å². The second-order valence-electron chi connectivity index (χ2n) is 14.1. The zero-order valence-electron chi connectivity index (χ0n) is 30.9. The first kappa shape index (κ1) is 37.4. The van der Waals surface area contributed by atoms with Gasteiger partial charge in [0, 0.05) is 63.1 Å². The van der Waals surface area contributed by atoms with Gasteiger partial charge < -0.3 is 29.2 Å². The van der Waals surface area contributed by atoms with Gasteiger partial charge in [0.1, 0.15) is 16.4 Å². The maximum atomic E-state index is 15.2. The van der Waals surface area contributed by atoms with Crippen LogP contribution in [0.4, 0.5) is 10.5 Å². The summed E-state index contributed by atoms with van der Waals surface area (Å²) in [6.45, 7) is 9.77. The van der Waals surface area contributed by atoms with Crippen molar-refractivity contribution in [2.24, 2.45) is 0 Å². The Morgan fingerprint density at radius 2 is 1.76 bits per heavy atom. The third-order valence-electron chi connectivity index (χ3n) is 11.1. The number of benzene rings is 2. The largest absolute Gasteiger partial charge is 0.497 e. The fourth-order valence-corrected chi connectivity index (χ4v) is 9.65. The molecular formula is C38H45N7O8S. The quantitative estimate of drug-likeness (QED) is 0.322. The van der Waals surface area contributed by atoms with Crippen LogP contribution in [0.25, 0.3) is 0 Å². The molecule has 0 aliphatic carbocycles. The number of pyridine rings is 1. The molecule has 1 atom stereocenters. The number of ether oxygens (including phenoxy) is 4. The number of nitrogens with one attached hydrogen (secondary N) is 1. The molecule has 4 aliphatic rings. The first-order valence-corrected chi connectivity index (χ1v) is 19.5. The van der Waals surface area contributed by atoms with Gasteiger partial charge in [-0.2, -0.15) is 9.57 Å². The number of carbonyl (C=O) groups excluding carboxylic acids is 2. The second-order valence-corrected chi connectivity index (χ2v) is 15.9. The summed E-state index contributed by atoms with van der Waals surface area (Å²) in [5, 5.41) is 13.0. The summed E-state index contributed by atoms with van der Waals surface area (Å²) in [6, 6.07) is 13.5. The van der Waals surface area contributed by atoms with Gasteiger partial charge in [-0.15, -0.1) is 0 Å². The summed E-state index contributed by atoms with van der Waals surface area (Å²) >= 11 is 0. The highest BCUT2D eigenvalue weighted by molar-refractivity contribution is 7.93. The van der Waals surface area contributed by atoms with E-state index < -0.39 is 27.5 Å². The van der Waals surface area contributed by atoms with Gasteiger partial charge in [0.05, 0.1) is 62.5 Å². The van der Waals surface area contributed by atoms with Crippen LogP contribution in [0.1, 0.15) is 43.4 Å². The van der Waals surface area contributed by atoms with Gasteiger partial charge in [-0.1, -0.05) is 0 Å². The molecule has 0 radical (unpaired) electrons. The van der Waals surface area contributed by atoms with Crippen molar-refractivity contribution in [1.82, 2.24) is 25.0 Å². The number of aromatic nitrogens is 1. The van der Waals surface area contributed by atoms with Gasteiger partial charge in [0.25, 0.3) is 15.9 Å². The van der Waals surface area contributed by atoms with E-state index in [0.29, 0.717) is 42.3 Å². The molecule has 7 rings (SSSR count). The van der Waals surface area contributed by atoms with Crippen LogP contribution < -0.4 is 23.8 Å². The average Bonchev–Trinajstić information content (AvgIpc) is 3.44. The molecule has 4 aliphatic heterocycles. The van der Waals surface area contributed by atoms with Gasteiger partial charge in [-0.25, -0.2) is 18.2 Å². The fraction of sp³-hybridized carbons (Fsp3) is 0.474. The third kappa shape index (κ3) is 6.28. The van der Waals surface area contributed by atoms with Gasteiger partial charge in [0.15, 0.2) is 5.54 Å². The minimum Gasteiger partial charge on any atom is -0.497 e. The second kappa shape index (κ2) is 14.7. The molecule has 3 fully saturated rings. The Kier molecular flexibility index (Phi) is 10.2. The number of amides is 3. The van der Waals surface area contributed by atoms with Crippen LogP contribution in [0.2, 0.25) is 0 Å². The molecule has 1 N–H and O–H groups in total. The SMILES string of the molecule is CCOc1ncccc1[C@]1(NC(=O)N2CCN(C3CCN(C4(C)COC4)CC3)CC2)C(=O)N(S(=O)(=O)c2ccc(OC)cc2OC)c2ccc(C#N)cc21. The number of anilines is 1. The normalized spacial score (nSPS) is 21.9. The number of hydrogen-bond acceptors (Lipinski definition) is 12. The number of likely N-dealkylation sites (tertiary alicyclic amines) is 1. The van der Waals surface area contributed by atoms with E-state index in [1.807, 2.05) is 0 Å². The first-order valence-electron chi connectivity index (χ1n) is 18.1. The molecule has 0 saturated carbocycles. The maximum Gasteiger partial charge on any atom is 0.318 e.